The molecule has 2 rings (SSSR count). The summed E-state index contributed by atoms with van der Waals surface area (Å²) in [5, 5.41) is 11.7. The molecule has 1 N–H and O–H groups in total. The third-order valence-electron chi connectivity index (χ3n) is 4.17. The number of rotatable bonds is 7. The summed E-state index contributed by atoms with van der Waals surface area (Å²) in [6.45, 7) is 6.22. The highest BCUT2D eigenvalue weighted by atomic mass is 16.5. The van der Waals surface area contributed by atoms with E-state index in [1.165, 1.54) is 0 Å². The van der Waals surface area contributed by atoms with Crippen LogP contribution in [0.2, 0.25) is 0 Å². The first-order valence-corrected chi connectivity index (χ1v) is 8.36. The van der Waals surface area contributed by atoms with Crippen LogP contribution >= 0.6 is 0 Å². The van der Waals surface area contributed by atoms with E-state index in [2.05, 4.69) is 23.2 Å². The lowest BCUT2D eigenvalue weighted by Gasteiger charge is -2.31. The molecule has 0 aromatic heterocycles. The maximum Gasteiger partial charge on any atom is 0.223 e. The van der Waals surface area contributed by atoms with Crippen LogP contribution in [0, 0.1) is 17.2 Å². The van der Waals surface area contributed by atoms with Crippen LogP contribution < -0.4 is 10.1 Å². The van der Waals surface area contributed by atoms with Gasteiger partial charge in [-0.25, -0.2) is 0 Å². The smallest absolute Gasteiger partial charge is 0.223 e. The van der Waals surface area contributed by atoms with Gasteiger partial charge in [-0.05, 0) is 56.6 Å². The van der Waals surface area contributed by atoms with Crippen molar-refractivity contribution in [2.45, 2.75) is 26.2 Å². The van der Waals surface area contributed by atoms with Gasteiger partial charge in [-0.15, -0.1) is 0 Å². The molecule has 1 aliphatic rings. The van der Waals surface area contributed by atoms with Gasteiger partial charge in [0.25, 0.3) is 0 Å². The number of nitriles is 1. The van der Waals surface area contributed by atoms with Crippen molar-refractivity contribution in [3.05, 3.63) is 29.8 Å². The largest absolute Gasteiger partial charge is 0.492 e. The molecule has 1 aromatic carbocycles. The molecule has 1 saturated heterocycles. The molecule has 1 aromatic rings. The predicted octanol–water partition coefficient (Wildman–Crippen LogP) is 2.18. The minimum atomic E-state index is 0.164. The normalized spacial score (nSPS) is 15.8. The van der Waals surface area contributed by atoms with Crippen LogP contribution in [-0.2, 0) is 4.79 Å². The minimum absolute atomic E-state index is 0.164. The zero-order valence-corrected chi connectivity index (χ0v) is 13.8. The van der Waals surface area contributed by atoms with Gasteiger partial charge in [-0.2, -0.15) is 5.26 Å². The molecular formula is C18H25N3O2. The molecule has 0 unspecified atom stereocenters. The van der Waals surface area contributed by atoms with Crippen LogP contribution in [0.5, 0.6) is 5.75 Å². The van der Waals surface area contributed by atoms with E-state index in [0.29, 0.717) is 12.2 Å². The van der Waals surface area contributed by atoms with Crippen LogP contribution in [0.4, 0.5) is 0 Å². The van der Waals surface area contributed by atoms with Gasteiger partial charge >= 0.3 is 0 Å². The van der Waals surface area contributed by atoms with Crippen molar-refractivity contribution in [2.75, 3.05) is 32.8 Å². The number of hydrogen-bond donors (Lipinski definition) is 1. The summed E-state index contributed by atoms with van der Waals surface area (Å²) < 4.78 is 5.71. The summed E-state index contributed by atoms with van der Waals surface area (Å²) in [5.41, 5.74) is 0.640. The SMILES string of the molecule is CCCNC(=O)C1CCN(CCOc2ccc(C#N)cc2)CC1. The van der Waals surface area contributed by atoms with Gasteiger partial charge in [-0.1, -0.05) is 6.92 Å². The van der Waals surface area contributed by atoms with Crippen molar-refractivity contribution in [1.82, 2.24) is 10.2 Å². The van der Waals surface area contributed by atoms with Crippen molar-refractivity contribution in [3.8, 4) is 11.8 Å². The van der Waals surface area contributed by atoms with Gasteiger partial charge in [0, 0.05) is 19.0 Å². The second-order valence-electron chi connectivity index (χ2n) is 5.89. The minimum Gasteiger partial charge on any atom is -0.492 e. The highest BCUT2D eigenvalue weighted by Gasteiger charge is 2.24. The van der Waals surface area contributed by atoms with Gasteiger partial charge in [0.15, 0.2) is 0 Å². The second kappa shape index (κ2) is 9.16. The van der Waals surface area contributed by atoms with Crippen LogP contribution in [0.3, 0.4) is 0 Å². The molecule has 5 heteroatoms. The van der Waals surface area contributed by atoms with Crippen molar-refractivity contribution in [1.29, 1.82) is 5.26 Å². The fourth-order valence-electron chi connectivity index (χ4n) is 2.73. The van der Waals surface area contributed by atoms with Crippen LogP contribution in [0.15, 0.2) is 24.3 Å². The van der Waals surface area contributed by atoms with E-state index < -0.39 is 0 Å². The molecule has 0 bridgehead atoms. The number of hydrogen-bond acceptors (Lipinski definition) is 4. The fourth-order valence-corrected chi connectivity index (χ4v) is 2.73. The van der Waals surface area contributed by atoms with Gasteiger partial charge in [0.05, 0.1) is 11.6 Å². The molecule has 0 saturated carbocycles. The summed E-state index contributed by atoms with van der Waals surface area (Å²) in [6, 6.07) is 9.26. The zero-order valence-electron chi connectivity index (χ0n) is 13.8. The summed E-state index contributed by atoms with van der Waals surface area (Å²) in [4.78, 5) is 14.3. The number of nitrogens with zero attached hydrogens (tertiary/aromatic N) is 2. The molecule has 1 fully saturated rings. The summed E-state index contributed by atoms with van der Waals surface area (Å²) >= 11 is 0. The molecule has 1 amide bonds. The Morgan fingerprint density at radius 1 is 1.35 bits per heavy atom. The average Bonchev–Trinajstić information content (AvgIpc) is 2.61. The van der Waals surface area contributed by atoms with Gasteiger partial charge in [0.1, 0.15) is 12.4 Å². The summed E-state index contributed by atoms with van der Waals surface area (Å²) in [5.74, 6) is 1.16. The Balaban J connectivity index is 1.64. The quantitative estimate of drug-likeness (QED) is 0.837. The first-order chi connectivity index (χ1) is 11.2. The number of piperidine rings is 1. The van der Waals surface area contributed by atoms with E-state index >= 15 is 0 Å². The number of carbonyl (C=O) groups excluding carboxylic acids is 1. The molecule has 0 aliphatic carbocycles. The van der Waals surface area contributed by atoms with E-state index in [1.54, 1.807) is 12.1 Å². The Labute approximate surface area is 138 Å². The number of carbonyl (C=O) groups is 1. The Bertz CT molecular complexity index is 528. The predicted molar refractivity (Wildman–Crippen MR) is 89.1 cm³/mol. The topological polar surface area (TPSA) is 65.4 Å². The maximum atomic E-state index is 11.9. The monoisotopic (exact) mass is 315 g/mol. The Morgan fingerprint density at radius 3 is 2.65 bits per heavy atom. The maximum absolute atomic E-state index is 11.9. The zero-order chi connectivity index (χ0) is 16.5. The van der Waals surface area contributed by atoms with E-state index in [9.17, 15) is 4.79 Å². The van der Waals surface area contributed by atoms with Gasteiger partial charge in [-0.3, -0.25) is 9.69 Å². The number of nitrogens with one attached hydrogen (secondary N) is 1. The second-order valence-corrected chi connectivity index (χ2v) is 5.89. The van der Waals surface area contributed by atoms with Gasteiger partial charge in [0.2, 0.25) is 5.91 Å². The molecule has 1 aliphatic heterocycles. The highest BCUT2D eigenvalue weighted by molar-refractivity contribution is 5.78. The first-order valence-electron chi connectivity index (χ1n) is 8.36. The third-order valence-corrected chi connectivity index (χ3v) is 4.17. The van der Waals surface area contributed by atoms with Crippen LogP contribution in [0.1, 0.15) is 31.7 Å². The number of likely N-dealkylation sites (tertiary alicyclic amines) is 1. The Hall–Kier alpha value is -2.06. The third kappa shape index (κ3) is 5.57. The lowest BCUT2D eigenvalue weighted by atomic mass is 9.96. The van der Waals surface area contributed by atoms with E-state index in [0.717, 1.165) is 51.2 Å². The van der Waals surface area contributed by atoms with E-state index in [4.69, 9.17) is 10.00 Å². The first kappa shape index (κ1) is 17.3. The molecular weight excluding hydrogens is 290 g/mol. The lowest BCUT2D eigenvalue weighted by Crippen LogP contribution is -2.41. The molecule has 23 heavy (non-hydrogen) atoms. The standard InChI is InChI=1S/C18H25N3O2/c1-2-9-20-18(22)16-7-10-21(11-8-16)12-13-23-17-5-3-15(14-19)4-6-17/h3-6,16H,2,7-13H2,1H3,(H,20,22). The van der Waals surface area contributed by atoms with Gasteiger partial charge < -0.3 is 10.1 Å². The van der Waals surface area contributed by atoms with E-state index in [1.807, 2.05) is 12.1 Å². The Morgan fingerprint density at radius 2 is 2.04 bits per heavy atom. The molecule has 1 heterocycles. The summed E-state index contributed by atoms with van der Waals surface area (Å²) in [7, 11) is 0. The van der Waals surface area contributed by atoms with Crippen molar-refractivity contribution >= 4 is 5.91 Å². The lowest BCUT2D eigenvalue weighted by molar-refractivity contribution is -0.126. The molecule has 0 atom stereocenters. The molecule has 124 valence electrons. The number of amides is 1. The Kier molecular flexibility index (Phi) is 6.89. The van der Waals surface area contributed by atoms with Crippen molar-refractivity contribution in [2.24, 2.45) is 5.92 Å². The molecule has 5 nitrogen and oxygen atoms in total. The highest BCUT2D eigenvalue weighted by Crippen LogP contribution is 2.17. The number of benzene rings is 1. The van der Waals surface area contributed by atoms with Crippen molar-refractivity contribution in [3.63, 3.8) is 0 Å². The van der Waals surface area contributed by atoms with Crippen LogP contribution in [0.25, 0.3) is 0 Å². The summed E-state index contributed by atoms with van der Waals surface area (Å²) in [6.07, 6.45) is 2.83. The molecule has 0 radical (unpaired) electrons. The van der Waals surface area contributed by atoms with Crippen LogP contribution in [-0.4, -0.2) is 43.6 Å². The fraction of sp³-hybridized carbons (Fsp3) is 0.556. The van der Waals surface area contributed by atoms with E-state index in [-0.39, 0.29) is 11.8 Å². The number of ether oxygens (including phenoxy) is 1. The average molecular weight is 315 g/mol. The molecule has 0 spiro atoms. The van der Waals surface area contributed by atoms with Crippen molar-refractivity contribution < 1.29 is 9.53 Å².